The lowest BCUT2D eigenvalue weighted by molar-refractivity contribution is -0.138. The molecule has 172 valence electrons. The number of hydrogen-bond acceptors (Lipinski definition) is 6. The van der Waals surface area contributed by atoms with Crippen LogP contribution in [-0.2, 0) is 9.53 Å². The molecule has 1 aromatic heterocycles. The maximum Gasteiger partial charge on any atom is 0.338 e. The summed E-state index contributed by atoms with van der Waals surface area (Å²) < 4.78 is 19.0. The SMILES string of the molecule is CCOC(=O)C1=C(c2ccccc2)Nc2nc3ccccc3n2[C@@H]1c1cccc(OC)c1OC. The van der Waals surface area contributed by atoms with Gasteiger partial charge < -0.3 is 19.5 Å². The van der Waals surface area contributed by atoms with Gasteiger partial charge in [-0.2, -0.15) is 0 Å². The maximum atomic E-state index is 13.6. The largest absolute Gasteiger partial charge is 0.493 e. The van der Waals surface area contributed by atoms with Crippen molar-refractivity contribution in [3.63, 3.8) is 0 Å². The fraction of sp³-hybridized carbons (Fsp3) is 0.185. The van der Waals surface area contributed by atoms with Gasteiger partial charge in [-0.3, -0.25) is 4.57 Å². The number of carbonyl (C=O) groups is 1. The summed E-state index contributed by atoms with van der Waals surface area (Å²) in [5, 5.41) is 3.42. The van der Waals surface area contributed by atoms with Crippen LogP contribution in [0.3, 0.4) is 0 Å². The smallest absolute Gasteiger partial charge is 0.338 e. The summed E-state index contributed by atoms with van der Waals surface area (Å²) in [6, 6.07) is 22.7. The normalized spacial score (nSPS) is 15.0. The van der Waals surface area contributed by atoms with Crippen LogP contribution >= 0.6 is 0 Å². The number of para-hydroxylation sites is 3. The number of esters is 1. The minimum absolute atomic E-state index is 0.254. The molecule has 1 N–H and O–H groups in total. The standard InChI is InChI=1S/C27H25N3O4/c1-4-34-26(31)22-23(17-11-6-5-7-12-17)29-27-28-19-14-8-9-15-20(19)30(27)24(22)18-13-10-16-21(32-2)25(18)33-3/h5-16,24H,4H2,1-3H3,(H,28,29)/t24-/m1/s1. The number of aromatic nitrogens is 2. The molecule has 0 radical (unpaired) electrons. The molecule has 0 bridgehead atoms. The van der Waals surface area contributed by atoms with Crippen LogP contribution in [0.5, 0.6) is 11.5 Å². The second kappa shape index (κ2) is 8.94. The molecule has 0 saturated carbocycles. The molecule has 7 heteroatoms. The average molecular weight is 456 g/mol. The number of fused-ring (bicyclic) bond motifs is 3. The molecule has 0 amide bonds. The topological polar surface area (TPSA) is 74.6 Å². The Morgan fingerprint density at radius 1 is 0.971 bits per heavy atom. The summed E-state index contributed by atoms with van der Waals surface area (Å²) in [5.41, 5.74) is 4.44. The molecule has 4 aromatic rings. The Balaban J connectivity index is 1.88. The Kier molecular flexibility index (Phi) is 5.67. The van der Waals surface area contributed by atoms with Gasteiger partial charge in [-0.1, -0.05) is 54.6 Å². The van der Waals surface area contributed by atoms with Crippen LogP contribution in [0.1, 0.15) is 24.1 Å². The van der Waals surface area contributed by atoms with Crippen LogP contribution in [0.15, 0.2) is 78.4 Å². The first-order chi connectivity index (χ1) is 16.7. The Morgan fingerprint density at radius 3 is 2.47 bits per heavy atom. The van der Waals surface area contributed by atoms with Crippen molar-refractivity contribution in [2.24, 2.45) is 0 Å². The van der Waals surface area contributed by atoms with Crippen molar-refractivity contribution in [3.05, 3.63) is 89.5 Å². The highest BCUT2D eigenvalue weighted by Crippen LogP contribution is 2.46. The van der Waals surface area contributed by atoms with E-state index >= 15 is 0 Å². The van der Waals surface area contributed by atoms with Crippen LogP contribution in [0.2, 0.25) is 0 Å². The summed E-state index contributed by atoms with van der Waals surface area (Å²) in [6.45, 7) is 2.06. The van der Waals surface area contributed by atoms with E-state index in [0.717, 1.165) is 22.2 Å². The van der Waals surface area contributed by atoms with Crippen LogP contribution in [-0.4, -0.2) is 36.3 Å². The van der Waals surface area contributed by atoms with Crippen molar-refractivity contribution < 1.29 is 19.0 Å². The van der Waals surface area contributed by atoms with E-state index in [1.807, 2.05) is 77.4 Å². The van der Waals surface area contributed by atoms with E-state index in [1.54, 1.807) is 21.1 Å². The van der Waals surface area contributed by atoms with E-state index in [-0.39, 0.29) is 6.61 Å². The fourth-order valence-electron chi connectivity index (χ4n) is 4.52. The molecule has 1 aliphatic heterocycles. The van der Waals surface area contributed by atoms with Gasteiger partial charge in [0.2, 0.25) is 5.95 Å². The van der Waals surface area contributed by atoms with Crippen LogP contribution in [0.4, 0.5) is 5.95 Å². The van der Waals surface area contributed by atoms with E-state index in [2.05, 4.69) is 5.32 Å². The van der Waals surface area contributed by atoms with E-state index < -0.39 is 12.0 Å². The zero-order valence-corrected chi connectivity index (χ0v) is 19.2. The van der Waals surface area contributed by atoms with Crippen molar-refractivity contribution in [2.45, 2.75) is 13.0 Å². The molecule has 1 aliphatic rings. The molecule has 2 heterocycles. The summed E-state index contributed by atoms with van der Waals surface area (Å²) in [5.74, 6) is 1.35. The predicted molar refractivity (Wildman–Crippen MR) is 131 cm³/mol. The molecule has 0 fully saturated rings. The van der Waals surface area contributed by atoms with Gasteiger partial charge in [0.1, 0.15) is 6.04 Å². The highest BCUT2D eigenvalue weighted by atomic mass is 16.5. The Bertz CT molecular complexity index is 1390. The molecular formula is C27H25N3O4. The molecule has 0 saturated heterocycles. The summed E-state index contributed by atoms with van der Waals surface area (Å²) in [4.78, 5) is 18.4. The second-order valence-electron chi connectivity index (χ2n) is 7.78. The monoisotopic (exact) mass is 455 g/mol. The number of rotatable bonds is 6. The minimum atomic E-state index is -0.567. The average Bonchev–Trinajstić information content (AvgIpc) is 3.26. The number of imidazole rings is 1. The highest BCUT2D eigenvalue weighted by Gasteiger charge is 2.38. The molecule has 34 heavy (non-hydrogen) atoms. The predicted octanol–water partition coefficient (Wildman–Crippen LogP) is 5.04. The lowest BCUT2D eigenvalue weighted by Gasteiger charge is -2.32. The lowest BCUT2D eigenvalue weighted by atomic mass is 9.91. The molecule has 1 atom stereocenters. The van der Waals surface area contributed by atoms with Gasteiger partial charge in [-0.05, 0) is 30.7 Å². The first-order valence-corrected chi connectivity index (χ1v) is 11.1. The number of carbonyl (C=O) groups excluding carboxylic acids is 1. The van der Waals surface area contributed by atoms with Crippen molar-refractivity contribution >= 4 is 28.6 Å². The molecule has 7 nitrogen and oxygen atoms in total. The summed E-state index contributed by atoms with van der Waals surface area (Å²) >= 11 is 0. The van der Waals surface area contributed by atoms with E-state index in [1.165, 1.54) is 0 Å². The first-order valence-electron chi connectivity index (χ1n) is 11.1. The Labute approximate surface area is 197 Å². The fourth-order valence-corrected chi connectivity index (χ4v) is 4.52. The zero-order chi connectivity index (χ0) is 23.7. The zero-order valence-electron chi connectivity index (χ0n) is 19.2. The van der Waals surface area contributed by atoms with E-state index in [9.17, 15) is 4.79 Å². The molecular weight excluding hydrogens is 430 g/mol. The van der Waals surface area contributed by atoms with Crippen LogP contribution < -0.4 is 14.8 Å². The lowest BCUT2D eigenvalue weighted by Crippen LogP contribution is -2.29. The molecule has 5 rings (SSSR count). The van der Waals surface area contributed by atoms with Gasteiger partial charge >= 0.3 is 5.97 Å². The molecule has 3 aromatic carbocycles. The van der Waals surface area contributed by atoms with E-state index in [0.29, 0.717) is 28.7 Å². The molecule has 0 aliphatic carbocycles. The van der Waals surface area contributed by atoms with Gasteiger partial charge in [0.05, 0.1) is 43.1 Å². The highest BCUT2D eigenvalue weighted by molar-refractivity contribution is 6.03. The van der Waals surface area contributed by atoms with Gasteiger partial charge in [-0.25, -0.2) is 9.78 Å². The number of hydrogen-bond donors (Lipinski definition) is 1. The Morgan fingerprint density at radius 2 is 1.74 bits per heavy atom. The van der Waals surface area contributed by atoms with Gasteiger partial charge in [0.25, 0.3) is 0 Å². The van der Waals surface area contributed by atoms with Gasteiger partial charge in [0, 0.05) is 5.56 Å². The van der Waals surface area contributed by atoms with Crippen molar-refractivity contribution in [3.8, 4) is 11.5 Å². The number of methoxy groups -OCH3 is 2. The van der Waals surface area contributed by atoms with Crippen molar-refractivity contribution in [1.29, 1.82) is 0 Å². The van der Waals surface area contributed by atoms with Crippen LogP contribution in [0, 0.1) is 0 Å². The third-order valence-corrected chi connectivity index (χ3v) is 5.92. The van der Waals surface area contributed by atoms with Crippen molar-refractivity contribution in [1.82, 2.24) is 9.55 Å². The van der Waals surface area contributed by atoms with Gasteiger partial charge in [-0.15, -0.1) is 0 Å². The minimum Gasteiger partial charge on any atom is -0.493 e. The maximum absolute atomic E-state index is 13.6. The molecule has 0 unspecified atom stereocenters. The number of benzene rings is 3. The summed E-state index contributed by atoms with van der Waals surface area (Å²) in [7, 11) is 3.20. The van der Waals surface area contributed by atoms with Crippen molar-refractivity contribution in [2.75, 3.05) is 26.1 Å². The summed E-state index contributed by atoms with van der Waals surface area (Å²) in [6.07, 6.45) is 0. The number of nitrogens with one attached hydrogen (secondary N) is 1. The second-order valence-corrected chi connectivity index (χ2v) is 7.78. The third-order valence-electron chi connectivity index (χ3n) is 5.92. The Hall–Kier alpha value is -4.26. The van der Waals surface area contributed by atoms with Crippen LogP contribution in [0.25, 0.3) is 16.7 Å². The van der Waals surface area contributed by atoms with Gasteiger partial charge in [0.15, 0.2) is 11.5 Å². The third kappa shape index (κ3) is 3.46. The number of nitrogens with zero attached hydrogens (tertiary/aromatic N) is 2. The van der Waals surface area contributed by atoms with E-state index in [4.69, 9.17) is 19.2 Å². The first kappa shape index (κ1) is 21.6. The molecule has 0 spiro atoms. The quantitative estimate of drug-likeness (QED) is 0.411. The number of anilines is 1. The number of ether oxygens (including phenoxy) is 3.